The highest BCUT2D eigenvalue weighted by Crippen LogP contribution is 2.25. The van der Waals surface area contributed by atoms with E-state index in [4.69, 9.17) is 0 Å². The Morgan fingerprint density at radius 1 is 1.20 bits per heavy atom. The first-order valence-electron chi connectivity index (χ1n) is 5.36. The van der Waals surface area contributed by atoms with Crippen molar-refractivity contribution in [3.63, 3.8) is 0 Å². The summed E-state index contributed by atoms with van der Waals surface area (Å²) in [4.78, 5) is 0. The van der Waals surface area contributed by atoms with E-state index in [1.165, 1.54) is 0 Å². The van der Waals surface area contributed by atoms with Crippen LogP contribution in [0.1, 0.15) is 32.8 Å². The number of hydrogen-bond donors (Lipinski definition) is 2. The van der Waals surface area contributed by atoms with Crippen LogP contribution >= 0.6 is 0 Å². The maximum Gasteiger partial charge on any atom is 0.118 e. The molecule has 0 aliphatic carbocycles. The molecular formula is C13H20O2. The normalized spacial score (nSPS) is 13.9. The summed E-state index contributed by atoms with van der Waals surface area (Å²) in [6.07, 6.45) is 1.06. The molecule has 0 aliphatic heterocycles. The summed E-state index contributed by atoms with van der Waals surface area (Å²) >= 11 is 0. The fraction of sp³-hybridized carbons (Fsp3) is 0.538. The van der Waals surface area contributed by atoms with Gasteiger partial charge in [-0.25, -0.2) is 0 Å². The number of hydrogen-bond acceptors (Lipinski definition) is 2. The standard InChI is InChI=1S/C13H20O2/c1-13(2,3)12(15)9-8-10-6-4-5-7-11(10)14/h4-7,12,14-15H,8-9H2,1-3H3. The molecule has 1 atom stereocenters. The van der Waals surface area contributed by atoms with E-state index in [1.807, 2.05) is 32.9 Å². The van der Waals surface area contributed by atoms with Crippen LogP contribution in [0.4, 0.5) is 0 Å². The van der Waals surface area contributed by atoms with Crippen LogP contribution in [0.15, 0.2) is 24.3 Å². The molecule has 0 heterocycles. The van der Waals surface area contributed by atoms with Crippen LogP contribution in [-0.4, -0.2) is 16.3 Å². The number of para-hydroxylation sites is 1. The fourth-order valence-corrected chi connectivity index (χ4v) is 1.45. The largest absolute Gasteiger partial charge is 0.508 e. The molecule has 15 heavy (non-hydrogen) atoms. The molecule has 1 unspecified atom stereocenters. The number of rotatable bonds is 3. The van der Waals surface area contributed by atoms with Crippen molar-refractivity contribution in [1.82, 2.24) is 0 Å². The zero-order chi connectivity index (χ0) is 11.5. The minimum atomic E-state index is -0.336. The molecule has 2 N–H and O–H groups in total. The summed E-state index contributed by atoms with van der Waals surface area (Å²) in [5.41, 5.74) is 0.811. The van der Waals surface area contributed by atoms with E-state index in [2.05, 4.69) is 0 Å². The Bertz CT molecular complexity index is 313. The van der Waals surface area contributed by atoms with Gasteiger partial charge in [-0.05, 0) is 29.9 Å². The molecule has 0 saturated heterocycles. The molecule has 1 rings (SSSR count). The first-order valence-corrected chi connectivity index (χ1v) is 5.36. The molecule has 0 aliphatic rings. The van der Waals surface area contributed by atoms with Gasteiger partial charge in [-0.1, -0.05) is 39.0 Å². The van der Waals surface area contributed by atoms with E-state index < -0.39 is 0 Å². The van der Waals surface area contributed by atoms with Gasteiger partial charge in [0.1, 0.15) is 5.75 Å². The van der Waals surface area contributed by atoms with Crippen LogP contribution < -0.4 is 0 Å². The smallest absolute Gasteiger partial charge is 0.118 e. The minimum absolute atomic E-state index is 0.0929. The van der Waals surface area contributed by atoms with Crippen molar-refractivity contribution >= 4 is 0 Å². The van der Waals surface area contributed by atoms with E-state index in [9.17, 15) is 10.2 Å². The molecule has 0 fully saturated rings. The Balaban J connectivity index is 2.55. The molecule has 0 amide bonds. The quantitative estimate of drug-likeness (QED) is 0.801. The van der Waals surface area contributed by atoms with Crippen molar-refractivity contribution in [3.05, 3.63) is 29.8 Å². The summed E-state index contributed by atoms with van der Waals surface area (Å²) in [5.74, 6) is 0.318. The van der Waals surface area contributed by atoms with Crippen molar-refractivity contribution in [3.8, 4) is 5.75 Å². The van der Waals surface area contributed by atoms with Gasteiger partial charge in [0.2, 0.25) is 0 Å². The van der Waals surface area contributed by atoms with Gasteiger partial charge in [0.15, 0.2) is 0 Å². The monoisotopic (exact) mass is 208 g/mol. The minimum Gasteiger partial charge on any atom is -0.508 e. The average molecular weight is 208 g/mol. The molecule has 2 nitrogen and oxygen atoms in total. The molecule has 0 bridgehead atoms. The lowest BCUT2D eigenvalue weighted by molar-refractivity contribution is 0.0559. The van der Waals surface area contributed by atoms with Gasteiger partial charge in [0, 0.05) is 0 Å². The summed E-state index contributed by atoms with van der Waals surface area (Å²) in [7, 11) is 0. The third-order valence-corrected chi connectivity index (χ3v) is 2.68. The Hall–Kier alpha value is -1.02. The molecule has 0 saturated carbocycles. The van der Waals surface area contributed by atoms with Crippen LogP contribution in [0.5, 0.6) is 5.75 Å². The number of benzene rings is 1. The topological polar surface area (TPSA) is 40.5 Å². The Morgan fingerprint density at radius 3 is 2.33 bits per heavy atom. The fourth-order valence-electron chi connectivity index (χ4n) is 1.45. The number of phenols is 1. The average Bonchev–Trinajstić information content (AvgIpc) is 2.14. The highest BCUT2D eigenvalue weighted by Gasteiger charge is 2.21. The maximum absolute atomic E-state index is 9.86. The van der Waals surface area contributed by atoms with Crippen molar-refractivity contribution in [2.45, 2.75) is 39.7 Å². The number of aromatic hydroxyl groups is 1. The Kier molecular flexibility index (Phi) is 3.75. The molecular weight excluding hydrogens is 188 g/mol. The van der Waals surface area contributed by atoms with Crippen LogP contribution in [-0.2, 0) is 6.42 Å². The van der Waals surface area contributed by atoms with Crippen molar-refractivity contribution in [2.24, 2.45) is 5.41 Å². The number of aryl methyl sites for hydroxylation is 1. The highest BCUT2D eigenvalue weighted by atomic mass is 16.3. The van der Waals surface area contributed by atoms with Crippen molar-refractivity contribution in [1.29, 1.82) is 0 Å². The highest BCUT2D eigenvalue weighted by molar-refractivity contribution is 5.31. The van der Waals surface area contributed by atoms with Gasteiger partial charge < -0.3 is 10.2 Å². The third kappa shape index (κ3) is 3.56. The lowest BCUT2D eigenvalue weighted by Gasteiger charge is -2.25. The summed E-state index contributed by atoms with van der Waals surface area (Å²) in [6.45, 7) is 6.05. The second kappa shape index (κ2) is 4.67. The third-order valence-electron chi connectivity index (χ3n) is 2.68. The van der Waals surface area contributed by atoms with Crippen LogP contribution in [0.2, 0.25) is 0 Å². The van der Waals surface area contributed by atoms with E-state index in [0.717, 1.165) is 5.56 Å². The Morgan fingerprint density at radius 2 is 1.80 bits per heavy atom. The first kappa shape index (κ1) is 12.1. The maximum atomic E-state index is 9.86. The lowest BCUT2D eigenvalue weighted by Crippen LogP contribution is -2.26. The molecule has 84 valence electrons. The zero-order valence-corrected chi connectivity index (χ0v) is 9.70. The predicted octanol–water partition coefficient (Wildman–Crippen LogP) is 2.73. The zero-order valence-electron chi connectivity index (χ0n) is 9.70. The van der Waals surface area contributed by atoms with Crippen molar-refractivity contribution in [2.75, 3.05) is 0 Å². The van der Waals surface area contributed by atoms with Gasteiger partial charge in [0.05, 0.1) is 6.10 Å². The van der Waals surface area contributed by atoms with Gasteiger partial charge in [-0.2, -0.15) is 0 Å². The SMILES string of the molecule is CC(C)(C)C(O)CCc1ccccc1O. The van der Waals surface area contributed by atoms with Gasteiger partial charge in [0.25, 0.3) is 0 Å². The van der Waals surface area contributed by atoms with Crippen LogP contribution in [0.3, 0.4) is 0 Å². The van der Waals surface area contributed by atoms with Crippen molar-refractivity contribution < 1.29 is 10.2 Å². The predicted molar refractivity (Wildman–Crippen MR) is 61.9 cm³/mol. The number of aliphatic hydroxyl groups is 1. The summed E-state index contributed by atoms with van der Waals surface area (Å²) in [5, 5.41) is 19.4. The first-order chi connectivity index (χ1) is 6.91. The molecule has 0 aromatic heterocycles. The lowest BCUT2D eigenvalue weighted by atomic mass is 9.86. The molecule has 1 aromatic rings. The van der Waals surface area contributed by atoms with E-state index in [0.29, 0.717) is 18.6 Å². The number of aliphatic hydroxyl groups excluding tert-OH is 1. The van der Waals surface area contributed by atoms with E-state index in [1.54, 1.807) is 12.1 Å². The Labute approximate surface area is 91.6 Å². The summed E-state index contributed by atoms with van der Waals surface area (Å²) < 4.78 is 0. The molecule has 0 radical (unpaired) electrons. The summed E-state index contributed by atoms with van der Waals surface area (Å²) in [6, 6.07) is 7.28. The second-order valence-corrected chi connectivity index (χ2v) is 5.05. The van der Waals surface area contributed by atoms with E-state index >= 15 is 0 Å². The van der Waals surface area contributed by atoms with Gasteiger partial charge in [-0.3, -0.25) is 0 Å². The van der Waals surface area contributed by atoms with Gasteiger partial charge in [-0.15, -0.1) is 0 Å². The molecule has 1 aromatic carbocycles. The molecule has 0 spiro atoms. The van der Waals surface area contributed by atoms with Crippen LogP contribution in [0, 0.1) is 5.41 Å². The second-order valence-electron chi connectivity index (χ2n) is 5.05. The number of phenolic OH excluding ortho intramolecular Hbond substituents is 1. The van der Waals surface area contributed by atoms with Crippen LogP contribution in [0.25, 0.3) is 0 Å². The van der Waals surface area contributed by atoms with E-state index in [-0.39, 0.29) is 11.5 Å². The van der Waals surface area contributed by atoms with Gasteiger partial charge >= 0.3 is 0 Å². The molecule has 2 heteroatoms.